The first-order valence-corrected chi connectivity index (χ1v) is 6.79. The van der Waals surface area contributed by atoms with E-state index in [0.717, 1.165) is 0 Å². The van der Waals surface area contributed by atoms with Gasteiger partial charge in [-0.05, 0) is 6.42 Å². The van der Waals surface area contributed by atoms with Gasteiger partial charge in [-0.25, -0.2) is 19.0 Å². The summed E-state index contributed by atoms with van der Waals surface area (Å²) in [5.74, 6) is 1.08. The molecule has 0 saturated carbocycles. The molecule has 0 aromatic carbocycles. The molecule has 1 atom stereocenters. The van der Waals surface area contributed by atoms with Crippen molar-refractivity contribution in [1.29, 1.82) is 0 Å². The van der Waals surface area contributed by atoms with Crippen molar-refractivity contribution >= 4 is 11.7 Å². The molecule has 4 heterocycles. The van der Waals surface area contributed by atoms with Gasteiger partial charge in [0.2, 0.25) is 0 Å². The number of amides is 1. The highest BCUT2D eigenvalue weighted by atomic mass is 19.1. The van der Waals surface area contributed by atoms with Crippen molar-refractivity contribution in [2.45, 2.75) is 19.1 Å². The van der Waals surface area contributed by atoms with E-state index in [4.69, 9.17) is 0 Å². The van der Waals surface area contributed by atoms with Crippen LogP contribution in [0.3, 0.4) is 0 Å². The average Bonchev–Trinajstić information content (AvgIpc) is 3.17. The lowest BCUT2D eigenvalue weighted by Gasteiger charge is -2.15. The quantitative estimate of drug-likeness (QED) is 0.868. The van der Waals surface area contributed by atoms with Gasteiger partial charge in [0.25, 0.3) is 5.91 Å². The standard InChI is InChI=1S/C13H13FN6O/c14-8-1-2-19(6-8)11-4-16-12(5-15-11)20-7-9-10(18-20)3-17-13(9)21/h4-5,7-8H,1-3,6H2,(H,17,21)/t8-/m0/s1. The van der Waals surface area contributed by atoms with E-state index in [1.807, 2.05) is 4.90 Å². The van der Waals surface area contributed by atoms with Crippen LogP contribution < -0.4 is 10.2 Å². The summed E-state index contributed by atoms with van der Waals surface area (Å²) in [5, 5.41) is 7.01. The van der Waals surface area contributed by atoms with E-state index in [9.17, 15) is 9.18 Å². The second-order valence-corrected chi connectivity index (χ2v) is 5.18. The van der Waals surface area contributed by atoms with E-state index in [1.54, 1.807) is 23.3 Å². The molecule has 8 heteroatoms. The number of halogens is 1. The highest BCUT2D eigenvalue weighted by Gasteiger charge is 2.24. The fraction of sp³-hybridized carbons (Fsp3) is 0.385. The van der Waals surface area contributed by atoms with E-state index in [-0.39, 0.29) is 5.91 Å². The van der Waals surface area contributed by atoms with Crippen LogP contribution in [0.1, 0.15) is 22.5 Å². The number of aromatic nitrogens is 4. The molecule has 1 amide bonds. The number of rotatable bonds is 2. The molecule has 0 radical (unpaired) electrons. The summed E-state index contributed by atoms with van der Waals surface area (Å²) in [7, 11) is 0. The Labute approximate surface area is 119 Å². The maximum absolute atomic E-state index is 13.2. The van der Waals surface area contributed by atoms with Crippen LogP contribution in [0, 0.1) is 0 Å². The Bertz CT molecular complexity index is 697. The second kappa shape index (κ2) is 4.51. The predicted molar refractivity (Wildman–Crippen MR) is 72.1 cm³/mol. The van der Waals surface area contributed by atoms with Crippen molar-refractivity contribution in [2.24, 2.45) is 0 Å². The molecule has 4 rings (SSSR count). The Morgan fingerprint density at radius 1 is 1.29 bits per heavy atom. The van der Waals surface area contributed by atoms with Gasteiger partial charge < -0.3 is 10.2 Å². The SMILES string of the molecule is O=C1NCc2nn(-c3cnc(N4CC[C@H](F)C4)cn3)cc21. The number of alkyl halides is 1. The molecule has 1 fully saturated rings. The largest absolute Gasteiger partial charge is 0.352 e. The highest BCUT2D eigenvalue weighted by Crippen LogP contribution is 2.20. The topological polar surface area (TPSA) is 75.9 Å². The lowest BCUT2D eigenvalue weighted by molar-refractivity contribution is 0.0965. The number of carbonyl (C=O) groups excluding carboxylic acids is 1. The van der Waals surface area contributed by atoms with Gasteiger partial charge in [0, 0.05) is 12.7 Å². The predicted octanol–water partition coefficient (Wildman–Crippen LogP) is 0.454. The summed E-state index contributed by atoms with van der Waals surface area (Å²) in [4.78, 5) is 22.0. The summed E-state index contributed by atoms with van der Waals surface area (Å²) >= 11 is 0. The van der Waals surface area contributed by atoms with Crippen molar-refractivity contribution in [3.63, 3.8) is 0 Å². The molecular weight excluding hydrogens is 275 g/mol. The van der Waals surface area contributed by atoms with E-state index >= 15 is 0 Å². The minimum atomic E-state index is -0.793. The van der Waals surface area contributed by atoms with E-state index < -0.39 is 6.17 Å². The molecule has 2 aliphatic rings. The van der Waals surface area contributed by atoms with Gasteiger partial charge in [0.15, 0.2) is 5.82 Å². The lowest BCUT2D eigenvalue weighted by Crippen LogP contribution is -2.21. The molecule has 108 valence electrons. The van der Waals surface area contributed by atoms with Crippen molar-refractivity contribution in [3.05, 3.63) is 29.8 Å². The summed E-state index contributed by atoms with van der Waals surface area (Å²) in [6.45, 7) is 1.47. The van der Waals surface area contributed by atoms with Crippen molar-refractivity contribution in [3.8, 4) is 5.82 Å². The van der Waals surface area contributed by atoms with Crippen LogP contribution in [0.4, 0.5) is 10.2 Å². The Morgan fingerprint density at radius 3 is 2.76 bits per heavy atom. The number of nitrogens with one attached hydrogen (secondary N) is 1. The zero-order valence-electron chi connectivity index (χ0n) is 11.2. The minimum Gasteiger partial charge on any atom is -0.352 e. The first-order chi connectivity index (χ1) is 10.2. The molecule has 1 saturated heterocycles. The van der Waals surface area contributed by atoms with Crippen LogP contribution in [0.2, 0.25) is 0 Å². The average molecular weight is 288 g/mol. The summed E-state index contributed by atoms with van der Waals surface area (Å²) in [6, 6.07) is 0. The van der Waals surface area contributed by atoms with Crippen molar-refractivity contribution < 1.29 is 9.18 Å². The number of hydrogen-bond acceptors (Lipinski definition) is 5. The fourth-order valence-electron chi connectivity index (χ4n) is 2.63. The van der Waals surface area contributed by atoms with Crippen molar-refractivity contribution in [1.82, 2.24) is 25.1 Å². The maximum Gasteiger partial charge on any atom is 0.255 e. The minimum absolute atomic E-state index is 0.119. The number of fused-ring (bicyclic) bond motifs is 1. The molecule has 0 unspecified atom stereocenters. The fourth-order valence-corrected chi connectivity index (χ4v) is 2.63. The number of carbonyl (C=O) groups is 1. The summed E-state index contributed by atoms with van der Waals surface area (Å²) in [5.41, 5.74) is 1.28. The van der Waals surface area contributed by atoms with Gasteiger partial charge in [-0.3, -0.25) is 4.79 Å². The van der Waals surface area contributed by atoms with Gasteiger partial charge in [-0.15, -0.1) is 0 Å². The zero-order valence-corrected chi connectivity index (χ0v) is 11.2. The van der Waals surface area contributed by atoms with Crippen LogP contribution in [-0.2, 0) is 6.54 Å². The molecule has 0 bridgehead atoms. The second-order valence-electron chi connectivity index (χ2n) is 5.18. The third-order valence-corrected chi connectivity index (χ3v) is 3.77. The number of hydrogen-bond donors (Lipinski definition) is 1. The zero-order chi connectivity index (χ0) is 14.4. The molecule has 7 nitrogen and oxygen atoms in total. The molecule has 21 heavy (non-hydrogen) atoms. The van der Waals surface area contributed by atoms with Gasteiger partial charge in [-0.2, -0.15) is 5.10 Å². The molecule has 2 aromatic heterocycles. The third kappa shape index (κ3) is 2.03. The van der Waals surface area contributed by atoms with Crippen LogP contribution in [0.25, 0.3) is 5.82 Å². The Kier molecular flexibility index (Phi) is 2.63. The molecule has 2 aliphatic heterocycles. The first kappa shape index (κ1) is 12.2. The third-order valence-electron chi connectivity index (χ3n) is 3.77. The molecule has 2 aromatic rings. The van der Waals surface area contributed by atoms with Crippen molar-refractivity contribution in [2.75, 3.05) is 18.0 Å². The Balaban J connectivity index is 1.59. The monoisotopic (exact) mass is 288 g/mol. The molecule has 1 N–H and O–H groups in total. The van der Waals surface area contributed by atoms with Gasteiger partial charge in [-0.1, -0.05) is 0 Å². The normalized spacial score (nSPS) is 20.7. The maximum atomic E-state index is 13.2. The smallest absolute Gasteiger partial charge is 0.255 e. The van der Waals surface area contributed by atoms with Gasteiger partial charge in [0.05, 0.1) is 36.7 Å². The van der Waals surface area contributed by atoms with Crippen LogP contribution in [-0.4, -0.2) is 44.9 Å². The highest BCUT2D eigenvalue weighted by molar-refractivity contribution is 5.97. The molecular formula is C13H13FN6O. The van der Waals surface area contributed by atoms with Gasteiger partial charge >= 0.3 is 0 Å². The van der Waals surface area contributed by atoms with Crippen LogP contribution >= 0.6 is 0 Å². The van der Waals surface area contributed by atoms with Crippen LogP contribution in [0.15, 0.2) is 18.6 Å². The van der Waals surface area contributed by atoms with E-state index in [1.165, 1.54) is 0 Å². The molecule has 0 spiro atoms. The van der Waals surface area contributed by atoms with Gasteiger partial charge in [0.1, 0.15) is 12.0 Å². The lowest BCUT2D eigenvalue weighted by atomic mass is 10.3. The summed E-state index contributed by atoms with van der Waals surface area (Å²) < 4.78 is 14.7. The number of nitrogens with zero attached hydrogens (tertiary/aromatic N) is 5. The van der Waals surface area contributed by atoms with E-state index in [0.29, 0.717) is 48.9 Å². The number of anilines is 1. The Morgan fingerprint density at radius 2 is 2.10 bits per heavy atom. The summed E-state index contributed by atoms with van der Waals surface area (Å²) in [6.07, 6.45) is 4.58. The first-order valence-electron chi connectivity index (χ1n) is 6.79. The van der Waals surface area contributed by atoms with E-state index in [2.05, 4.69) is 20.4 Å². The molecule has 0 aliphatic carbocycles. The Hall–Kier alpha value is -2.51. The van der Waals surface area contributed by atoms with Crippen LogP contribution in [0.5, 0.6) is 0 Å².